The van der Waals surface area contributed by atoms with Crippen LogP contribution in [0, 0.1) is 6.92 Å². The molecule has 0 aromatic carbocycles. The van der Waals surface area contributed by atoms with Crippen molar-refractivity contribution in [2.45, 2.75) is 0 Å². The lowest BCUT2D eigenvalue weighted by Crippen LogP contribution is -1.75. The third-order valence-electron chi connectivity index (χ3n) is 0.789. The van der Waals surface area contributed by atoms with Gasteiger partial charge in [-0.15, -0.1) is 0 Å². The molecule has 0 aliphatic rings. The Hall–Kier alpha value is -0.370. The van der Waals surface area contributed by atoms with Crippen LogP contribution in [0.4, 0.5) is 0 Å². The van der Waals surface area contributed by atoms with Crippen LogP contribution in [-0.4, -0.2) is 4.98 Å². The average molecular weight is 171 g/mol. The summed E-state index contributed by atoms with van der Waals surface area (Å²) in [7, 11) is 0. The van der Waals surface area contributed by atoms with E-state index in [0.717, 1.165) is 10.2 Å². The fourth-order valence-corrected chi connectivity index (χ4v) is 0.641. The van der Waals surface area contributed by atoms with Gasteiger partial charge >= 0.3 is 0 Å². The largest absolute Gasteiger partial charge is 0.260 e. The lowest BCUT2D eigenvalue weighted by atomic mass is 10.4. The maximum Gasteiger partial charge on any atom is 0.0413 e. The quantitative estimate of drug-likeness (QED) is 0.581. The second kappa shape index (κ2) is 2.27. The van der Waals surface area contributed by atoms with Crippen molar-refractivity contribution in [3.8, 4) is 0 Å². The number of rotatable bonds is 0. The summed E-state index contributed by atoms with van der Waals surface area (Å²) < 4.78 is 0.991. The van der Waals surface area contributed by atoms with Gasteiger partial charge in [-0.25, -0.2) is 0 Å². The molecule has 1 aromatic heterocycles. The molecule has 0 saturated heterocycles. The molecule has 0 aliphatic carbocycles. The van der Waals surface area contributed by atoms with Gasteiger partial charge in [-0.2, -0.15) is 0 Å². The maximum atomic E-state index is 3.92. The molecule has 2 heteroatoms. The normalized spacial score (nSPS) is 9.25. The molecule has 1 radical (unpaired) electrons. The first-order valence-electron chi connectivity index (χ1n) is 2.22. The lowest BCUT2D eigenvalue weighted by molar-refractivity contribution is 1.25. The summed E-state index contributed by atoms with van der Waals surface area (Å²) in [6, 6.07) is 3.76. The highest BCUT2D eigenvalue weighted by molar-refractivity contribution is 9.10. The standard InChI is InChI=1S/C6H5BrN/c1-5-2-3-6(7)4-8-5/h2-4H,1H2. The second-order valence-electron chi connectivity index (χ2n) is 1.47. The molecule has 0 atom stereocenters. The molecule has 0 amide bonds. The second-order valence-corrected chi connectivity index (χ2v) is 2.38. The van der Waals surface area contributed by atoms with Crippen LogP contribution in [0.3, 0.4) is 0 Å². The highest BCUT2D eigenvalue weighted by atomic mass is 79.9. The molecule has 0 unspecified atom stereocenters. The first-order chi connectivity index (χ1) is 3.79. The van der Waals surface area contributed by atoms with E-state index in [9.17, 15) is 0 Å². The number of hydrogen-bond acceptors (Lipinski definition) is 1. The lowest BCUT2D eigenvalue weighted by Gasteiger charge is -1.87. The number of aromatic nitrogens is 1. The zero-order valence-corrected chi connectivity index (χ0v) is 5.85. The van der Waals surface area contributed by atoms with Gasteiger partial charge in [0.2, 0.25) is 0 Å². The Morgan fingerprint density at radius 2 is 2.25 bits per heavy atom. The summed E-state index contributed by atoms with van der Waals surface area (Å²) in [6.45, 7) is 3.63. The molecule has 0 N–H and O–H groups in total. The van der Waals surface area contributed by atoms with Crippen LogP contribution in [0.5, 0.6) is 0 Å². The molecule has 1 rings (SSSR count). The van der Waals surface area contributed by atoms with E-state index in [4.69, 9.17) is 0 Å². The molecule has 0 saturated carbocycles. The van der Waals surface area contributed by atoms with E-state index < -0.39 is 0 Å². The van der Waals surface area contributed by atoms with E-state index >= 15 is 0 Å². The monoisotopic (exact) mass is 170 g/mol. The molecule has 1 aromatic rings. The highest BCUT2D eigenvalue weighted by Crippen LogP contribution is 2.05. The summed E-state index contributed by atoms with van der Waals surface area (Å²) >= 11 is 3.26. The topological polar surface area (TPSA) is 12.9 Å². The number of pyridine rings is 1. The highest BCUT2D eigenvalue weighted by Gasteiger charge is 1.83. The van der Waals surface area contributed by atoms with Crippen LogP contribution in [0.25, 0.3) is 0 Å². The van der Waals surface area contributed by atoms with Crippen molar-refractivity contribution in [1.82, 2.24) is 4.98 Å². The zero-order chi connectivity index (χ0) is 5.98. The minimum absolute atomic E-state index is 0.799. The molecule has 8 heavy (non-hydrogen) atoms. The summed E-state index contributed by atoms with van der Waals surface area (Å²) in [6.07, 6.45) is 1.72. The molecular formula is C6H5BrN. The maximum absolute atomic E-state index is 3.92. The number of hydrogen-bond donors (Lipinski definition) is 0. The van der Waals surface area contributed by atoms with E-state index in [1.54, 1.807) is 6.20 Å². The van der Waals surface area contributed by atoms with Crippen LogP contribution in [0.15, 0.2) is 22.8 Å². The SMILES string of the molecule is [CH2]c1ccc(Br)cn1. The average Bonchev–Trinajstić information content (AvgIpc) is 1.77. The third-order valence-corrected chi connectivity index (χ3v) is 1.26. The number of nitrogens with zero attached hydrogens (tertiary/aromatic N) is 1. The molecule has 1 heterocycles. The van der Waals surface area contributed by atoms with E-state index in [-0.39, 0.29) is 0 Å². The van der Waals surface area contributed by atoms with Gasteiger partial charge in [-0.1, -0.05) is 0 Å². The van der Waals surface area contributed by atoms with Gasteiger partial charge in [0.1, 0.15) is 0 Å². The summed E-state index contributed by atoms with van der Waals surface area (Å²) in [4.78, 5) is 3.92. The fourth-order valence-electron chi connectivity index (χ4n) is 0.406. The summed E-state index contributed by atoms with van der Waals surface area (Å²) in [5.74, 6) is 0. The molecule has 0 aliphatic heterocycles. The van der Waals surface area contributed by atoms with Gasteiger partial charge in [-0.3, -0.25) is 4.98 Å². The van der Waals surface area contributed by atoms with Gasteiger partial charge in [-0.05, 0) is 35.0 Å². The van der Waals surface area contributed by atoms with Crippen LogP contribution in [0.2, 0.25) is 0 Å². The predicted molar refractivity (Wildman–Crippen MR) is 36.4 cm³/mol. The van der Waals surface area contributed by atoms with E-state index in [0.29, 0.717) is 0 Å². The molecule has 0 bridgehead atoms. The minimum atomic E-state index is 0.799. The molecular weight excluding hydrogens is 166 g/mol. The molecule has 1 nitrogen and oxygen atoms in total. The van der Waals surface area contributed by atoms with Gasteiger partial charge in [0, 0.05) is 16.4 Å². The first kappa shape index (κ1) is 5.76. The fraction of sp³-hybridized carbons (Fsp3) is 0. The van der Waals surface area contributed by atoms with Crippen molar-refractivity contribution in [1.29, 1.82) is 0 Å². The van der Waals surface area contributed by atoms with Crippen molar-refractivity contribution in [2.24, 2.45) is 0 Å². The van der Waals surface area contributed by atoms with E-state index in [1.807, 2.05) is 12.1 Å². The summed E-state index contributed by atoms with van der Waals surface area (Å²) in [5.41, 5.74) is 0.799. The Morgan fingerprint density at radius 3 is 2.62 bits per heavy atom. The van der Waals surface area contributed by atoms with Crippen molar-refractivity contribution < 1.29 is 0 Å². The van der Waals surface area contributed by atoms with Gasteiger partial charge in [0.25, 0.3) is 0 Å². The van der Waals surface area contributed by atoms with Crippen LogP contribution in [-0.2, 0) is 0 Å². The van der Waals surface area contributed by atoms with Crippen molar-refractivity contribution in [3.05, 3.63) is 35.4 Å². The molecule has 0 spiro atoms. The smallest absolute Gasteiger partial charge is 0.0413 e. The van der Waals surface area contributed by atoms with Crippen molar-refractivity contribution >= 4 is 15.9 Å². The van der Waals surface area contributed by atoms with Gasteiger partial charge in [0.15, 0.2) is 0 Å². The Bertz CT molecular complexity index is 147. The summed E-state index contributed by atoms with van der Waals surface area (Å²) in [5, 5.41) is 0. The van der Waals surface area contributed by atoms with Gasteiger partial charge in [0.05, 0.1) is 0 Å². The Labute approximate surface area is 56.9 Å². The predicted octanol–water partition coefficient (Wildman–Crippen LogP) is 2.03. The van der Waals surface area contributed by atoms with E-state index in [1.165, 1.54) is 0 Å². The van der Waals surface area contributed by atoms with Crippen molar-refractivity contribution in [2.75, 3.05) is 0 Å². The Morgan fingerprint density at radius 1 is 1.50 bits per heavy atom. The van der Waals surface area contributed by atoms with Crippen LogP contribution >= 0.6 is 15.9 Å². The molecule has 41 valence electrons. The molecule has 0 fully saturated rings. The Kier molecular flexibility index (Phi) is 1.63. The van der Waals surface area contributed by atoms with Crippen LogP contribution in [0.1, 0.15) is 5.69 Å². The van der Waals surface area contributed by atoms with Gasteiger partial charge < -0.3 is 0 Å². The Balaban J connectivity index is 3.03. The zero-order valence-electron chi connectivity index (χ0n) is 4.26. The number of halogens is 1. The van der Waals surface area contributed by atoms with Crippen molar-refractivity contribution in [3.63, 3.8) is 0 Å². The minimum Gasteiger partial charge on any atom is -0.260 e. The third kappa shape index (κ3) is 1.30. The van der Waals surface area contributed by atoms with E-state index in [2.05, 4.69) is 27.8 Å². The van der Waals surface area contributed by atoms with Crippen LogP contribution < -0.4 is 0 Å². The first-order valence-corrected chi connectivity index (χ1v) is 3.02.